The molecule has 0 atom stereocenters. The first-order chi connectivity index (χ1) is 15.1. The number of halogens is 3. The lowest BCUT2D eigenvalue weighted by atomic mass is 9.92. The van der Waals surface area contributed by atoms with E-state index in [0.29, 0.717) is 16.7 Å². The van der Waals surface area contributed by atoms with Crippen molar-refractivity contribution in [1.29, 1.82) is 0 Å². The van der Waals surface area contributed by atoms with Gasteiger partial charge in [0.25, 0.3) is 0 Å². The molecule has 0 unspecified atom stereocenters. The summed E-state index contributed by atoms with van der Waals surface area (Å²) in [6.07, 6.45) is 11.1. The minimum Gasteiger partial charge on any atom is -0.204 e. The highest BCUT2D eigenvalue weighted by molar-refractivity contribution is 5.84. The van der Waals surface area contributed by atoms with Gasteiger partial charge in [-0.25, -0.2) is 13.2 Å². The van der Waals surface area contributed by atoms with Crippen LogP contribution < -0.4 is 0 Å². The van der Waals surface area contributed by atoms with E-state index in [2.05, 4.69) is 6.92 Å². The first kappa shape index (κ1) is 23.1. The summed E-state index contributed by atoms with van der Waals surface area (Å²) in [6, 6.07) is 17.6. The van der Waals surface area contributed by atoms with E-state index in [-0.39, 0.29) is 5.56 Å². The minimum atomic E-state index is -1.43. The van der Waals surface area contributed by atoms with Gasteiger partial charge in [0.2, 0.25) is 0 Å². The fourth-order valence-electron chi connectivity index (χ4n) is 4.02. The summed E-state index contributed by atoms with van der Waals surface area (Å²) < 4.78 is 42.8. The standard InChI is InChI=1S/C28H31F3/c1-2-3-4-5-6-7-8-10-13-21-16-18-23(19-17-21)26-24(22-14-11-9-12-15-22)20-25(29)27(30)28(26)31/h9,11-12,14-20H,2-8,10,13H2,1H3. The van der Waals surface area contributed by atoms with Crippen molar-refractivity contribution in [1.82, 2.24) is 0 Å². The van der Waals surface area contributed by atoms with Gasteiger partial charge in [-0.2, -0.15) is 0 Å². The zero-order chi connectivity index (χ0) is 22.1. The lowest BCUT2D eigenvalue weighted by molar-refractivity contribution is 0.449. The molecule has 31 heavy (non-hydrogen) atoms. The van der Waals surface area contributed by atoms with Crippen molar-refractivity contribution in [2.45, 2.75) is 64.7 Å². The molecule has 0 amide bonds. The number of hydrogen-bond donors (Lipinski definition) is 0. The summed E-state index contributed by atoms with van der Waals surface area (Å²) in [5, 5.41) is 0. The molecule has 0 aliphatic carbocycles. The molecule has 0 spiro atoms. The summed E-state index contributed by atoms with van der Waals surface area (Å²) >= 11 is 0. The number of benzene rings is 3. The van der Waals surface area contributed by atoms with Crippen LogP contribution in [0.5, 0.6) is 0 Å². The monoisotopic (exact) mass is 424 g/mol. The van der Waals surface area contributed by atoms with Gasteiger partial charge >= 0.3 is 0 Å². The van der Waals surface area contributed by atoms with Gasteiger partial charge in [0.05, 0.1) is 0 Å². The maximum atomic E-state index is 14.8. The lowest BCUT2D eigenvalue weighted by Crippen LogP contribution is -1.98. The Morgan fingerprint density at radius 3 is 1.87 bits per heavy atom. The molecule has 3 heteroatoms. The van der Waals surface area contributed by atoms with Crippen molar-refractivity contribution in [3.05, 3.63) is 83.7 Å². The smallest absolute Gasteiger partial charge is 0.195 e. The summed E-state index contributed by atoms with van der Waals surface area (Å²) in [6.45, 7) is 2.23. The van der Waals surface area contributed by atoms with E-state index in [1.165, 1.54) is 50.5 Å². The fourth-order valence-corrected chi connectivity index (χ4v) is 4.02. The topological polar surface area (TPSA) is 0 Å². The molecule has 3 aromatic rings. The molecule has 0 bridgehead atoms. The number of unbranched alkanes of at least 4 members (excludes halogenated alkanes) is 7. The molecule has 0 heterocycles. The van der Waals surface area contributed by atoms with Gasteiger partial charge in [0, 0.05) is 5.56 Å². The first-order valence-electron chi connectivity index (χ1n) is 11.4. The van der Waals surface area contributed by atoms with Crippen molar-refractivity contribution in [2.24, 2.45) is 0 Å². The van der Waals surface area contributed by atoms with Crippen LogP contribution in [0.25, 0.3) is 22.3 Å². The molecule has 3 rings (SSSR count). The highest BCUT2D eigenvalue weighted by atomic mass is 19.2. The quantitative estimate of drug-likeness (QED) is 0.213. The summed E-state index contributed by atoms with van der Waals surface area (Å²) in [5.74, 6) is -3.75. The summed E-state index contributed by atoms with van der Waals surface area (Å²) in [5.41, 5.74) is 2.84. The largest absolute Gasteiger partial charge is 0.204 e. The van der Waals surface area contributed by atoms with Gasteiger partial charge in [-0.3, -0.25) is 0 Å². The Hall–Kier alpha value is -2.55. The Labute approximate surface area is 184 Å². The van der Waals surface area contributed by atoms with Crippen molar-refractivity contribution < 1.29 is 13.2 Å². The Morgan fingerprint density at radius 2 is 1.23 bits per heavy atom. The van der Waals surface area contributed by atoms with E-state index < -0.39 is 17.5 Å². The average Bonchev–Trinajstić information content (AvgIpc) is 2.80. The molecular formula is C28H31F3. The predicted molar refractivity (Wildman–Crippen MR) is 124 cm³/mol. The zero-order valence-corrected chi connectivity index (χ0v) is 18.3. The van der Waals surface area contributed by atoms with Crippen molar-refractivity contribution in [3.63, 3.8) is 0 Å². The van der Waals surface area contributed by atoms with Crippen LogP contribution >= 0.6 is 0 Å². The van der Waals surface area contributed by atoms with Gasteiger partial charge in [-0.15, -0.1) is 0 Å². The van der Waals surface area contributed by atoms with Gasteiger partial charge < -0.3 is 0 Å². The SMILES string of the molecule is CCCCCCCCCCc1ccc(-c2c(-c3ccccc3)cc(F)c(F)c2F)cc1. The molecule has 0 saturated heterocycles. The lowest BCUT2D eigenvalue weighted by Gasteiger charge is -2.13. The van der Waals surface area contributed by atoms with Crippen LogP contribution in [-0.4, -0.2) is 0 Å². The van der Waals surface area contributed by atoms with Gasteiger partial charge in [0.15, 0.2) is 17.5 Å². The molecule has 0 nitrogen and oxygen atoms in total. The van der Waals surface area contributed by atoms with Gasteiger partial charge in [-0.05, 0) is 41.2 Å². The fraction of sp³-hybridized carbons (Fsp3) is 0.357. The van der Waals surface area contributed by atoms with Crippen LogP contribution in [0, 0.1) is 17.5 Å². The van der Waals surface area contributed by atoms with Crippen molar-refractivity contribution >= 4 is 0 Å². The Morgan fingerprint density at radius 1 is 0.613 bits per heavy atom. The molecule has 0 aromatic heterocycles. The molecule has 0 N–H and O–H groups in total. The molecule has 0 aliphatic rings. The number of rotatable bonds is 11. The third-order valence-electron chi connectivity index (χ3n) is 5.81. The van der Waals surface area contributed by atoms with Crippen LogP contribution in [-0.2, 0) is 6.42 Å². The number of hydrogen-bond acceptors (Lipinski definition) is 0. The molecule has 3 aromatic carbocycles. The first-order valence-corrected chi connectivity index (χ1v) is 11.4. The predicted octanol–water partition coefficient (Wildman–Crippen LogP) is 9.12. The Bertz CT molecular complexity index is 946. The highest BCUT2D eigenvalue weighted by Crippen LogP contribution is 2.36. The van der Waals surface area contributed by atoms with E-state index >= 15 is 0 Å². The third-order valence-corrected chi connectivity index (χ3v) is 5.81. The number of aryl methyl sites for hydroxylation is 1. The van der Waals surface area contributed by atoms with E-state index in [1.807, 2.05) is 30.3 Å². The Balaban J connectivity index is 1.69. The van der Waals surface area contributed by atoms with Crippen molar-refractivity contribution in [2.75, 3.05) is 0 Å². The second kappa shape index (κ2) is 11.7. The maximum absolute atomic E-state index is 14.8. The van der Waals surface area contributed by atoms with E-state index in [1.54, 1.807) is 24.3 Å². The van der Waals surface area contributed by atoms with Gasteiger partial charge in [-0.1, -0.05) is 106 Å². The van der Waals surface area contributed by atoms with Gasteiger partial charge in [0.1, 0.15) is 0 Å². The maximum Gasteiger partial charge on any atom is 0.195 e. The van der Waals surface area contributed by atoms with Crippen LogP contribution in [0.3, 0.4) is 0 Å². The highest BCUT2D eigenvalue weighted by Gasteiger charge is 2.20. The van der Waals surface area contributed by atoms with E-state index in [4.69, 9.17) is 0 Å². The summed E-state index contributed by atoms with van der Waals surface area (Å²) in [7, 11) is 0. The normalized spacial score (nSPS) is 11.1. The zero-order valence-electron chi connectivity index (χ0n) is 18.3. The summed E-state index contributed by atoms with van der Waals surface area (Å²) in [4.78, 5) is 0. The molecule has 0 saturated carbocycles. The third kappa shape index (κ3) is 6.22. The molecule has 0 fully saturated rings. The van der Waals surface area contributed by atoms with E-state index in [0.717, 1.165) is 18.9 Å². The second-order valence-corrected chi connectivity index (χ2v) is 8.20. The molecular weight excluding hydrogens is 393 g/mol. The van der Waals surface area contributed by atoms with Crippen molar-refractivity contribution in [3.8, 4) is 22.3 Å². The minimum absolute atomic E-state index is 0.101. The Kier molecular flexibility index (Phi) is 8.75. The molecule has 0 radical (unpaired) electrons. The molecule has 0 aliphatic heterocycles. The van der Waals surface area contributed by atoms with Crippen LogP contribution in [0.1, 0.15) is 63.9 Å². The molecule has 164 valence electrons. The van der Waals surface area contributed by atoms with Crippen LogP contribution in [0.4, 0.5) is 13.2 Å². The van der Waals surface area contributed by atoms with Crippen LogP contribution in [0.2, 0.25) is 0 Å². The van der Waals surface area contributed by atoms with Crippen LogP contribution in [0.15, 0.2) is 60.7 Å². The van der Waals surface area contributed by atoms with E-state index in [9.17, 15) is 13.2 Å². The second-order valence-electron chi connectivity index (χ2n) is 8.20. The average molecular weight is 425 g/mol.